The molecular weight excluding hydrogens is 480 g/mol. The molecule has 12 heteroatoms. The fourth-order valence-corrected chi connectivity index (χ4v) is 4.37. The first-order chi connectivity index (χ1) is 16.1. The number of methoxy groups -OCH3 is 1. The van der Waals surface area contributed by atoms with E-state index in [2.05, 4.69) is 10.1 Å². The van der Waals surface area contributed by atoms with E-state index in [-0.39, 0.29) is 17.2 Å². The predicted octanol–water partition coefficient (Wildman–Crippen LogP) is 0.802. The zero-order valence-electron chi connectivity index (χ0n) is 18.6. The highest BCUT2D eigenvalue weighted by atomic mass is 32.2. The molecule has 0 spiro atoms. The first-order valence-electron chi connectivity index (χ1n) is 10.2. The number of anilines is 1. The van der Waals surface area contributed by atoms with E-state index in [4.69, 9.17) is 17.4 Å². The Labute approximate surface area is 202 Å². The Morgan fingerprint density at radius 2 is 1.79 bits per heavy atom. The molecule has 1 atom stereocenters. The van der Waals surface area contributed by atoms with Crippen molar-refractivity contribution in [2.24, 2.45) is 5.14 Å². The van der Waals surface area contributed by atoms with Crippen LogP contribution in [0.4, 0.5) is 5.69 Å². The minimum absolute atomic E-state index is 0.00396. The highest BCUT2D eigenvalue weighted by molar-refractivity contribution is 7.89. The quantitative estimate of drug-likeness (QED) is 0.318. The van der Waals surface area contributed by atoms with Crippen molar-refractivity contribution in [3.8, 4) is 0 Å². The Bertz CT molecular complexity index is 1210. The van der Waals surface area contributed by atoms with Crippen LogP contribution in [0.3, 0.4) is 0 Å². The summed E-state index contributed by atoms with van der Waals surface area (Å²) in [5.74, 6) is -1.34. The number of imide groups is 1. The molecule has 34 heavy (non-hydrogen) atoms. The second-order valence-electron chi connectivity index (χ2n) is 7.51. The van der Waals surface area contributed by atoms with Gasteiger partial charge in [0.15, 0.2) is 5.11 Å². The monoisotopic (exact) mass is 504 g/mol. The maximum absolute atomic E-state index is 13.2. The van der Waals surface area contributed by atoms with Gasteiger partial charge in [0.2, 0.25) is 15.9 Å². The number of nitrogens with one attached hydrogen (secondary N) is 1. The summed E-state index contributed by atoms with van der Waals surface area (Å²) < 4.78 is 27.6. The molecule has 0 bridgehead atoms. The number of rotatable bonds is 7. The average molecular weight is 505 g/mol. The molecule has 1 heterocycles. The summed E-state index contributed by atoms with van der Waals surface area (Å²) in [5, 5.41) is 8.28. The van der Waals surface area contributed by atoms with Crippen molar-refractivity contribution in [3.05, 3.63) is 59.7 Å². The van der Waals surface area contributed by atoms with Gasteiger partial charge in [0.1, 0.15) is 6.04 Å². The standard InChI is InChI=1S/C22H24N4O6S2/c1-24-22(33)25(12-11-14-3-9-17(10-4-14)34(23,30)31)18-13-19(27)26(20(18)28)16-7-5-15(6-8-16)21(29)32-2/h3-10,18H,11-13H2,1-2H3,(H,24,33)(H2,23,30,31). The van der Waals surface area contributed by atoms with Gasteiger partial charge in [-0.1, -0.05) is 12.1 Å². The summed E-state index contributed by atoms with van der Waals surface area (Å²) in [6.07, 6.45) is 0.377. The number of nitrogens with two attached hydrogens (primary N) is 1. The van der Waals surface area contributed by atoms with Crippen molar-refractivity contribution in [3.63, 3.8) is 0 Å². The number of amides is 2. The number of carbonyl (C=O) groups is 3. The summed E-state index contributed by atoms with van der Waals surface area (Å²) in [4.78, 5) is 40.3. The van der Waals surface area contributed by atoms with Crippen molar-refractivity contribution in [2.75, 3.05) is 25.6 Å². The van der Waals surface area contributed by atoms with E-state index in [1.165, 1.54) is 43.5 Å². The van der Waals surface area contributed by atoms with E-state index < -0.39 is 27.9 Å². The second-order valence-corrected chi connectivity index (χ2v) is 9.46. The summed E-state index contributed by atoms with van der Waals surface area (Å²) in [7, 11) is -0.899. The fraction of sp³-hybridized carbons (Fsp3) is 0.273. The van der Waals surface area contributed by atoms with Crippen LogP contribution in [0.25, 0.3) is 0 Å². The van der Waals surface area contributed by atoms with Gasteiger partial charge in [0.05, 0.1) is 29.7 Å². The van der Waals surface area contributed by atoms with Gasteiger partial charge in [-0.15, -0.1) is 0 Å². The maximum Gasteiger partial charge on any atom is 0.337 e. The lowest BCUT2D eigenvalue weighted by Gasteiger charge is -2.29. The van der Waals surface area contributed by atoms with Crippen LogP contribution in [0, 0.1) is 0 Å². The van der Waals surface area contributed by atoms with Gasteiger partial charge in [-0.2, -0.15) is 0 Å². The van der Waals surface area contributed by atoms with Crippen molar-refractivity contribution in [1.29, 1.82) is 0 Å². The molecular formula is C22H24N4O6S2. The van der Waals surface area contributed by atoms with E-state index in [0.717, 1.165) is 10.5 Å². The third-order valence-electron chi connectivity index (χ3n) is 5.41. The van der Waals surface area contributed by atoms with Gasteiger partial charge in [-0.25, -0.2) is 23.3 Å². The number of thiocarbonyl (C=S) groups is 1. The molecule has 2 aromatic carbocycles. The fourth-order valence-electron chi connectivity index (χ4n) is 3.63. The molecule has 0 radical (unpaired) electrons. The highest BCUT2D eigenvalue weighted by Crippen LogP contribution is 2.26. The zero-order valence-corrected chi connectivity index (χ0v) is 20.2. The molecule has 0 saturated carbocycles. The molecule has 1 unspecified atom stereocenters. The Morgan fingerprint density at radius 1 is 1.18 bits per heavy atom. The minimum atomic E-state index is -3.79. The van der Waals surface area contributed by atoms with Crippen LogP contribution in [0.15, 0.2) is 53.4 Å². The van der Waals surface area contributed by atoms with Crippen molar-refractivity contribution < 1.29 is 27.5 Å². The van der Waals surface area contributed by atoms with Crippen LogP contribution in [-0.4, -0.2) is 63.0 Å². The largest absolute Gasteiger partial charge is 0.465 e. The minimum Gasteiger partial charge on any atom is -0.465 e. The van der Waals surface area contributed by atoms with Crippen LogP contribution in [-0.2, 0) is 30.8 Å². The number of primary sulfonamides is 1. The number of hydrogen-bond acceptors (Lipinski definition) is 7. The Balaban J connectivity index is 1.78. The van der Waals surface area contributed by atoms with Gasteiger partial charge in [0, 0.05) is 13.6 Å². The van der Waals surface area contributed by atoms with Crippen molar-refractivity contribution >= 4 is 50.8 Å². The lowest BCUT2D eigenvalue weighted by atomic mass is 10.1. The molecule has 2 amide bonds. The lowest BCUT2D eigenvalue weighted by molar-refractivity contribution is -0.122. The number of ether oxygens (including phenoxy) is 1. The van der Waals surface area contributed by atoms with Gasteiger partial charge in [-0.3, -0.25) is 9.59 Å². The van der Waals surface area contributed by atoms with Gasteiger partial charge in [-0.05, 0) is 60.6 Å². The molecule has 2 aromatic rings. The number of nitrogens with zero attached hydrogens (tertiary/aromatic N) is 2. The molecule has 3 N–H and O–H groups in total. The topological polar surface area (TPSA) is 139 Å². The van der Waals surface area contributed by atoms with Crippen LogP contribution in [0.5, 0.6) is 0 Å². The molecule has 1 aliphatic heterocycles. The van der Waals surface area contributed by atoms with Crippen LogP contribution in [0.2, 0.25) is 0 Å². The van der Waals surface area contributed by atoms with E-state index >= 15 is 0 Å². The molecule has 1 fully saturated rings. The second kappa shape index (κ2) is 10.3. The summed E-state index contributed by atoms with van der Waals surface area (Å²) in [5.41, 5.74) is 1.45. The van der Waals surface area contributed by atoms with Crippen molar-refractivity contribution in [2.45, 2.75) is 23.8 Å². The lowest BCUT2D eigenvalue weighted by Crippen LogP contribution is -2.49. The summed E-state index contributed by atoms with van der Waals surface area (Å²) in [6.45, 7) is 0.313. The predicted molar refractivity (Wildman–Crippen MR) is 129 cm³/mol. The highest BCUT2D eigenvalue weighted by Gasteiger charge is 2.43. The Morgan fingerprint density at radius 3 is 2.32 bits per heavy atom. The van der Waals surface area contributed by atoms with Crippen LogP contribution < -0.4 is 15.4 Å². The smallest absolute Gasteiger partial charge is 0.337 e. The number of esters is 1. The normalized spacial score (nSPS) is 15.9. The molecule has 10 nitrogen and oxygen atoms in total. The van der Waals surface area contributed by atoms with Gasteiger partial charge < -0.3 is 15.0 Å². The average Bonchev–Trinajstić information content (AvgIpc) is 3.11. The van der Waals surface area contributed by atoms with E-state index in [1.807, 2.05) is 0 Å². The molecule has 180 valence electrons. The Hall–Kier alpha value is -3.35. The first-order valence-corrected chi connectivity index (χ1v) is 12.2. The molecule has 1 aliphatic rings. The summed E-state index contributed by atoms with van der Waals surface area (Å²) >= 11 is 5.39. The van der Waals surface area contributed by atoms with E-state index in [1.54, 1.807) is 24.1 Å². The van der Waals surface area contributed by atoms with Crippen LogP contribution in [0.1, 0.15) is 22.3 Å². The SMILES string of the molecule is CNC(=S)N(CCc1ccc(S(N)(=O)=O)cc1)C1CC(=O)N(c2ccc(C(=O)OC)cc2)C1=O. The maximum atomic E-state index is 13.2. The van der Waals surface area contributed by atoms with Crippen molar-refractivity contribution in [1.82, 2.24) is 10.2 Å². The van der Waals surface area contributed by atoms with E-state index in [0.29, 0.717) is 29.3 Å². The Kier molecular flexibility index (Phi) is 7.64. The molecule has 3 rings (SSSR count). The third-order valence-corrected chi connectivity index (χ3v) is 6.78. The zero-order chi connectivity index (χ0) is 25.0. The van der Waals surface area contributed by atoms with Gasteiger partial charge >= 0.3 is 5.97 Å². The van der Waals surface area contributed by atoms with Gasteiger partial charge in [0.25, 0.3) is 5.91 Å². The van der Waals surface area contributed by atoms with E-state index in [9.17, 15) is 22.8 Å². The van der Waals surface area contributed by atoms with Crippen LogP contribution >= 0.6 is 12.2 Å². The molecule has 0 aliphatic carbocycles. The number of sulfonamides is 1. The molecule has 0 aromatic heterocycles. The molecule has 1 saturated heterocycles. The first kappa shape index (κ1) is 25.3. The number of hydrogen-bond donors (Lipinski definition) is 2. The number of carbonyl (C=O) groups excluding carboxylic acids is 3. The third kappa shape index (κ3) is 5.41. The summed E-state index contributed by atoms with van der Waals surface area (Å²) in [6, 6.07) is 11.3. The number of benzene rings is 2.